The summed E-state index contributed by atoms with van der Waals surface area (Å²) in [5.41, 5.74) is 2.74. The van der Waals surface area contributed by atoms with E-state index in [0.29, 0.717) is 24.7 Å². The van der Waals surface area contributed by atoms with Gasteiger partial charge >= 0.3 is 0 Å². The summed E-state index contributed by atoms with van der Waals surface area (Å²) < 4.78 is 18.4. The van der Waals surface area contributed by atoms with Gasteiger partial charge in [-0.2, -0.15) is 0 Å². The quantitative estimate of drug-likeness (QED) is 0.181. The van der Waals surface area contributed by atoms with Crippen LogP contribution in [0.2, 0.25) is 0 Å². The Morgan fingerprint density at radius 2 is 1.47 bits per heavy atom. The molecule has 0 radical (unpaired) electrons. The van der Waals surface area contributed by atoms with E-state index in [9.17, 15) is 4.79 Å². The molecule has 4 aromatic carbocycles. The van der Waals surface area contributed by atoms with Crippen LogP contribution in [-0.4, -0.2) is 19.1 Å². The molecule has 0 atom stereocenters. The number of carbonyl (C=O) groups is 1. The third-order valence-corrected chi connectivity index (χ3v) is 5.91. The maximum absolute atomic E-state index is 12.3. The molecule has 0 saturated heterocycles. The zero-order valence-electron chi connectivity index (χ0n) is 19.9. The Kier molecular flexibility index (Phi) is 9.04. The lowest BCUT2D eigenvalue weighted by molar-refractivity contribution is -0.118. The van der Waals surface area contributed by atoms with Crippen LogP contribution >= 0.6 is 22.6 Å². The highest BCUT2D eigenvalue weighted by Gasteiger charge is 2.14. The lowest BCUT2D eigenvalue weighted by Crippen LogP contribution is -2.20. The molecule has 6 nitrogen and oxygen atoms in total. The minimum Gasteiger partial charge on any atom is -0.490 e. The van der Waals surface area contributed by atoms with Crippen molar-refractivity contribution in [3.8, 4) is 23.0 Å². The van der Waals surface area contributed by atoms with Crippen LogP contribution in [0.15, 0.2) is 97.1 Å². The molecule has 4 rings (SSSR count). The highest BCUT2D eigenvalue weighted by molar-refractivity contribution is 14.1. The minimum absolute atomic E-state index is 0.111. The number of hydrogen-bond donors (Lipinski definition) is 2. The number of benzene rings is 4. The highest BCUT2D eigenvalue weighted by Crippen LogP contribution is 2.34. The molecule has 0 aliphatic heterocycles. The first-order valence-electron chi connectivity index (χ1n) is 11.6. The Labute approximate surface area is 224 Å². The molecule has 7 heteroatoms. The van der Waals surface area contributed by atoms with Gasteiger partial charge in [-0.1, -0.05) is 36.4 Å². The zero-order valence-corrected chi connectivity index (χ0v) is 22.0. The summed E-state index contributed by atoms with van der Waals surface area (Å²) in [7, 11) is 0. The van der Waals surface area contributed by atoms with Gasteiger partial charge in [0.1, 0.15) is 11.5 Å². The molecule has 0 heterocycles. The molecule has 1 amide bonds. The second-order valence-electron chi connectivity index (χ2n) is 7.83. The number of carbonyl (C=O) groups excluding carboxylic acids is 1. The lowest BCUT2D eigenvalue weighted by atomic mass is 10.2. The number of halogens is 1. The van der Waals surface area contributed by atoms with Crippen LogP contribution in [0, 0.1) is 3.57 Å². The molecule has 0 aliphatic rings. The molecular weight excluding hydrogens is 567 g/mol. The van der Waals surface area contributed by atoms with E-state index in [1.807, 2.05) is 104 Å². The third-order valence-electron chi connectivity index (χ3n) is 5.10. The molecule has 0 unspecified atom stereocenters. The SMILES string of the molecule is CCOc1cc(CNc2ccc(Oc3ccccc3)cc2)cc(I)c1OCC(=O)Nc1ccccc1. The minimum atomic E-state index is -0.232. The van der Waals surface area contributed by atoms with Crippen molar-refractivity contribution in [2.45, 2.75) is 13.5 Å². The second kappa shape index (κ2) is 12.8. The van der Waals surface area contributed by atoms with Crippen molar-refractivity contribution in [2.24, 2.45) is 0 Å². The van der Waals surface area contributed by atoms with Gasteiger partial charge in [0, 0.05) is 17.9 Å². The van der Waals surface area contributed by atoms with E-state index >= 15 is 0 Å². The van der Waals surface area contributed by atoms with Crippen molar-refractivity contribution >= 4 is 39.9 Å². The van der Waals surface area contributed by atoms with Crippen molar-refractivity contribution in [2.75, 3.05) is 23.8 Å². The van der Waals surface area contributed by atoms with E-state index in [1.54, 1.807) is 0 Å². The van der Waals surface area contributed by atoms with E-state index in [1.165, 1.54) is 0 Å². The Morgan fingerprint density at radius 3 is 2.17 bits per heavy atom. The number of nitrogens with one attached hydrogen (secondary N) is 2. The predicted molar refractivity (Wildman–Crippen MR) is 151 cm³/mol. The Balaban J connectivity index is 1.36. The van der Waals surface area contributed by atoms with Gasteiger partial charge in [-0.15, -0.1) is 0 Å². The maximum Gasteiger partial charge on any atom is 0.262 e. The number of amides is 1. The summed E-state index contributed by atoms with van der Waals surface area (Å²) in [6.07, 6.45) is 0. The number of hydrogen-bond acceptors (Lipinski definition) is 5. The Bertz CT molecular complexity index is 1270. The fourth-order valence-corrected chi connectivity index (χ4v) is 4.27. The lowest BCUT2D eigenvalue weighted by Gasteiger charge is -2.16. The predicted octanol–water partition coefficient (Wildman–Crippen LogP) is 7.11. The van der Waals surface area contributed by atoms with Crippen molar-refractivity contribution in [1.29, 1.82) is 0 Å². The van der Waals surface area contributed by atoms with Gasteiger partial charge in [-0.25, -0.2) is 0 Å². The van der Waals surface area contributed by atoms with Crippen molar-refractivity contribution < 1.29 is 19.0 Å². The molecule has 0 fully saturated rings. The summed E-state index contributed by atoms with van der Waals surface area (Å²) in [6.45, 7) is 2.90. The van der Waals surface area contributed by atoms with Gasteiger partial charge in [0.2, 0.25) is 0 Å². The summed E-state index contributed by atoms with van der Waals surface area (Å²) >= 11 is 2.21. The van der Waals surface area contributed by atoms with E-state index < -0.39 is 0 Å². The molecule has 4 aromatic rings. The van der Waals surface area contributed by atoms with E-state index in [4.69, 9.17) is 14.2 Å². The largest absolute Gasteiger partial charge is 0.490 e. The van der Waals surface area contributed by atoms with Gasteiger partial charge in [0.25, 0.3) is 5.91 Å². The monoisotopic (exact) mass is 594 g/mol. The average Bonchev–Trinajstić information content (AvgIpc) is 2.89. The number of anilines is 2. The number of para-hydroxylation sites is 2. The molecule has 2 N–H and O–H groups in total. The normalized spacial score (nSPS) is 10.4. The fourth-order valence-electron chi connectivity index (χ4n) is 3.45. The molecule has 184 valence electrons. The highest BCUT2D eigenvalue weighted by atomic mass is 127. The Morgan fingerprint density at radius 1 is 0.806 bits per heavy atom. The fraction of sp³-hybridized carbons (Fsp3) is 0.138. The molecule has 0 aliphatic carbocycles. The molecule has 36 heavy (non-hydrogen) atoms. The summed E-state index contributed by atoms with van der Waals surface area (Å²) in [4.78, 5) is 12.3. The smallest absolute Gasteiger partial charge is 0.262 e. The topological polar surface area (TPSA) is 68.8 Å². The van der Waals surface area contributed by atoms with Crippen LogP contribution < -0.4 is 24.8 Å². The second-order valence-corrected chi connectivity index (χ2v) is 9.00. The van der Waals surface area contributed by atoms with Crippen molar-refractivity contribution in [3.63, 3.8) is 0 Å². The van der Waals surface area contributed by atoms with E-state index in [-0.39, 0.29) is 12.5 Å². The van der Waals surface area contributed by atoms with Gasteiger partial charge in [0.05, 0.1) is 10.2 Å². The van der Waals surface area contributed by atoms with E-state index in [2.05, 4.69) is 33.2 Å². The van der Waals surface area contributed by atoms with E-state index in [0.717, 1.165) is 32.0 Å². The number of rotatable bonds is 11. The van der Waals surface area contributed by atoms with Gasteiger partial charge in [-0.05, 0) is 95.7 Å². The van der Waals surface area contributed by atoms with Crippen LogP contribution in [-0.2, 0) is 11.3 Å². The van der Waals surface area contributed by atoms with Gasteiger partial charge in [0.15, 0.2) is 18.1 Å². The van der Waals surface area contributed by atoms with Crippen LogP contribution in [0.4, 0.5) is 11.4 Å². The summed E-state index contributed by atoms with van der Waals surface area (Å²) in [6, 6.07) is 30.8. The van der Waals surface area contributed by atoms with Crippen LogP contribution in [0.1, 0.15) is 12.5 Å². The van der Waals surface area contributed by atoms with Crippen molar-refractivity contribution in [1.82, 2.24) is 0 Å². The maximum atomic E-state index is 12.3. The molecule has 0 spiro atoms. The average molecular weight is 594 g/mol. The first kappa shape index (κ1) is 25.4. The first-order valence-corrected chi connectivity index (χ1v) is 12.7. The molecule has 0 saturated carbocycles. The Hall–Kier alpha value is -3.72. The van der Waals surface area contributed by atoms with Crippen LogP contribution in [0.25, 0.3) is 0 Å². The molecule has 0 bridgehead atoms. The van der Waals surface area contributed by atoms with Gasteiger partial charge < -0.3 is 24.8 Å². The third kappa shape index (κ3) is 7.39. The summed E-state index contributed by atoms with van der Waals surface area (Å²) in [5.74, 6) is 2.52. The summed E-state index contributed by atoms with van der Waals surface area (Å²) in [5, 5.41) is 6.25. The first-order chi connectivity index (χ1) is 17.6. The standard InChI is InChI=1S/C29H27IN2O4/c1-2-34-27-18-21(17-26(30)29(27)35-20-28(33)32-23-9-5-3-6-10-23)19-31-22-13-15-25(16-14-22)36-24-11-7-4-8-12-24/h3-18,31H,2,19-20H2,1H3,(H,32,33). The molecular formula is C29H27IN2O4. The van der Waals surface area contributed by atoms with Crippen LogP contribution in [0.5, 0.6) is 23.0 Å². The molecule has 0 aromatic heterocycles. The number of ether oxygens (including phenoxy) is 3. The zero-order chi connectivity index (χ0) is 25.2. The van der Waals surface area contributed by atoms with Gasteiger partial charge in [-0.3, -0.25) is 4.79 Å². The van der Waals surface area contributed by atoms with Crippen molar-refractivity contribution in [3.05, 3.63) is 106 Å². The van der Waals surface area contributed by atoms with Crippen LogP contribution in [0.3, 0.4) is 0 Å².